The molecule has 1 aliphatic rings. The highest BCUT2D eigenvalue weighted by molar-refractivity contribution is 7.25. The van der Waals surface area contributed by atoms with E-state index >= 15 is 0 Å². The van der Waals surface area contributed by atoms with Crippen LogP contribution in [0.1, 0.15) is 22.3 Å². The zero-order valence-electron chi connectivity index (χ0n) is 24.4. The summed E-state index contributed by atoms with van der Waals surface area (Å²) in [4.78, 5) is 4.17. The highest BCUT2D eigenvalue weighted by atomic mass is 32.1. The van der Waals surface area contributed by atoms with E-state index in [1.807, 2.05) is 23.7 Å². The van der Waals surface area contributed by atoms with Crippen molar-refractivity contribution in [1.29, 1.82) is 0 Å². The van der Waals surface area contributed by atoms with Crippen molar-refractivity contribution >= 4 is 42.9 Å². The van der Waals surface area contributed by atoms with E-state index in [0.29, 0.717) is 0 Å². The third kappa shape index (κ3) is 4.05. The Morgan fingerprint density at radius 2 is 1.11 bits per heavy atom. The first-order chi connectivity index (χ1) is 22.3. The molecule has 0 saturated carbocycles. The van der Waals surface area contributed by atoms with Gasteiger partial charge in [-0.25, -0.2) is 0 Å². The summed E-state index contributed by atoms with van der Waals surface area (Å²) >= 11 is 1.84. The van der Waals surface area contributed by atoms with Gasteiger partial charge in [0.2, 0.25) is 0 Å². The number of anilines is 2. The summed E-state index contributed by atoms with van der Waals surface area (Å²) in [7, 11) is 0. The average Bonchev–Trinajstić information content (AvgIpc) is 3.63. The smallest absolute Gasteiger partial charge is 0.0713 e. The fourth-order valence-electron chi connectivity index (χ4n) is 7.26. The van der Waals surface area contributed by atoms with Crippen molar-refractivity contribution in [2.75, 3.05) is 5.32 Å². The molecule has 6 aromatic carbocycles. The Morgan fingerprint density at radius 3 is 1.84 bits per heavy atom. The molecule has 0 saturated heterocycles. The second-order valence-corrected chi connectivity index (χ2v) is 12.8. The molecule has 1 N–H and O–H groups in total. The van der Waals surface area contributed by atoms with Crippen LogP contribution in [0.5, 0.6) is 0 Å². The number of aromatic nitrogens is 1. The summed E-state index contributed by atoms with van der Waals surface area (Å²) in [6.07, 6.45) is 3.70. The molecule has 1 aliphatic carbocycles. The van der Waals surface area contributed by atoms with E-state index in [0.717, 1.165) is 11.4 Å². The summed E-state index contributed by atoms with van der Waals surface area (Å²) in [6, 6.07) is 55.3. The topological polar surface area (TPSA) is 24.9 Å². The van der Waals surface area contributed by atoms with Crippen LogP contribution in [-0.2, 0) is 5.41 Å². The molecule has 2 nitrogen and oxygen atoms in total. The van der Waals surface area contributed by atoms with Crippen molar-refractivity contribution in [3.05, 3.63) is 186 Å². The minimum absolute atomic E-state index is 0.378. The van der Waals surface area contributed by atoms with Gasteiger partial charge in [-0.15, -0.1) is 11.3 Å². The van der Waals surface area contributed by atoms with Gasteiger partial charge in [0.25, 0.3) is 0 Å². The lowest BCUT2D eigenvalue weighted by Crippen LogP contribution is -2.28. The molecule has 0 atom stereocenters. The van der Waals surface area contributed by atoms with Crippen molar-refractivity contribution in [3.8, 4) is 22.3 Å². The quantitative estimate of drug-likeness (QED) is 0.215. The monoisotopic (exact) mass is 592 g/mol. The number of benzene rings is 6. The molecule has 3 heteroatoms. The molecule has 0 aliphatic heterocycles. The van der Waals surface area contributed by atoms with E-state index in [2.05, 4.69) is 162 Å². The zero-order chi connectivity index (χ0) is 29.8. The molecule has 45 heavy (non-hydrogen) atoms. The Hall–Kier alpha value is -5.51. The molecule has 9 rings (SSSR count). The molecule has 0 fully saturated rings. The van der Waals surface area contributed by atoms with Crippen molar-refractivity contribution in [2.45, 2.75) is 5.41 Å². The average molecular weight is 593 g/mol. The van der Waals surface area contributed by atoms with Crippen LogP contribution in [0, 0.1) is 0 Å². The van der Waals surface area contributed by atoms with Gasteiger partial charge in [-0.2, -0.15) is 0 Å². The third-order valence-electron chi connectivity index (χ3n) is 9.25. The molecule has 2 aromatic heterocycles. The molecule has 0 bridgehead atoms. The molecule has 0 unspecified atom stereocenters. The number of rotatable bonds is 5. The molecule has 0 radical (unpaired) electrons. The van der Waals surface area contributed by atoms with Crippen LogP contribution in [0.2, 0.25) is 0 Å². The van der Waals surface area contributed by atoms with Gasteiger partial charge in [0, 0.05) is 43.9 Å². The van der Waals surface area contributed by atoms with Crippen LogP contribution in [-0.4, -0.2) is 4.98 Å². The number of hydrogen-bond donors (Lipinski definition) is 1. The van der Waals surface area contributed by atoms with Crippen LogP contribution in [0.15, 0.2) is 164 Å². The number of pyridine rings is 1. The van der Waals surface area contributed by atoms with E-state index in [9.17, 15) is 0 Å². The fourth-order valence-corrected chi connectivity index (χ4v) is 8.39. The molecule has 0 spiro atoms. The fraction of sp³-hybridized carbons (Fsp3) is 0.0238. The van der Waals surface area contributed by atoms with Crippen molar-refractivity contribution in [2.24, 2.45) is 0 Å². The minimum Gasteiger partial charge on any atom is -0.356 e. The number of fused-ring (bicyclic) bond motifs is 6. The summed E-state index contributed by atoms with van der Waals surface area (Å²) in [5.74, 6) is 0. The number of hydrogen-bond acceptors (Lipinski definition) is 3. The van der Waals surface area contributed by atoms with Gasteiger partial charge >= 0.3 is 0 Å². The maximum Gasteiger partial charge on any atom is 0.0713 e. The standard InChI is InChI=1S/C42H28N2S/c1-2-8-30(9-3-1)42(38-12-6-4-10-34(38)35-11-5-7-13-39(35)42)31-15-17-32(18-16-31)44-33-19-21-40-37(27-33)36-20-14-29(26-41(36)45-40)28-22-24-43-25-23-28/h1-27,44H. The summed E-state index contributed by atoms with van der Waals surface area (Å²) < 4.78 is 2.59. The molecular formula is C42H28N2S. The second-order valence-electron chi connectivity index (χ2n) is 11.7. The normalized spacial score (nSPS) is 13.1. The zero-order valence-corrected chi connectivity index (χ0v) is 25.3. The van der Waals surface area contributed by atoms with Gasteiger partial charge in [-0.05, 0) is 93.0 Å². The lowest BCUT2D eigenvalue weighted by molar-refractivity contribution is 0.768. The Labute approximate surface area is 266 Å². The highest BCUT2D eigenvalue weighted by Gasteiger charge is 2.45. The highest BCUT2D eigenvalue weighted by Crippen LogP contribution is 2.56. The van der Waals surface area contributed by atoms with E-state index in [4.69, 9.17) is 0 Å². The van der Waals surface area contributed by atoms with Crippen molar-refractivity contribution in [3.63, 3.8) is 0 Å². The van der Waals surface area contributed by atoms with Gasteiger partial charge < -0.3 is 5.32 Å². The maximum absolute atomic E-state index is 4.17. The van der Waals surface area contributed by atoms with Gasteiger partial charge in [0.15, 0.2) is 0 Å². The van der Waals surface area contributed by atoms with Crippen LogP contribution >= 0.6 is 11.3 Å². The lowest BCUT2D eigenvalue weighted by atomic mass is 9.68. The number of nitrogens with one attached hydrogen (secondary N) is 1. The molecular weight excluding hydrogens is 565 g/mol. The first-order valence-electron chi connectivity index (χ1n) is 15.3. The van der Waals surface area contributed by atoms with Gasteiger partial charge in [0.05, 0.1) is 5.41 Å². The Kier molecular flexibility index (Phi) is 5.93. The Bertz CT molecular complexity index is 2290. The minimum atomic E-state index is -0.378. The summed E-state index contributed by atoms with van der Waals surface area (Å²) in [6.45, 7) is 0. The SMILES string of the molecule is c1ccc(C2(c3ccc(Nc4ccc5sc6cc(-c7ccncc7)ccc6c5c4)cc3)c3ccccc3-c3ccccc32)cc1. The van der Waals surface area contributed by atoms with Crippen molar-refractivity contribution < 1.29 is 0 Å². The summed E-state index contributed by atoms with van der Waals surface area (Å²) in [5, 5.41) is 6.26. The van der Waals surface area contributed by atoms with Crippen LogP contribution in [0.4, 0.5) is 11.4 Å². The molecule has 212 valence electrons. The van der Waals surface area contributed by atoms with Gasteiger partial charge in [0.1, 0.15) is 0 Å². The third-order valence-corrected chi connectivity index (χ3v) is 10.4. The first kappa shape index (κ1) is 25.9. The maximum atomic E-state index is 4.17. The lowest BCUT2D eigenvalue weighted by Gasteiger charge is -2.34. The molecule has 2 heterocycles. The number of thiophene rings is 1. The van der Waals surface area contributed by atoms with Crippen molar-refractivity contribution in [1.82, 2.24) is 4.98 Å². The van der Waals surface area contributed by atoms with Gasteiger partial charge in [-0.1, -0.05) is 103 Å². The van der Waals surface area contributed by atoms with E-state index < -0.39 is 0 Å². The first-order valence-corrected chi connectivity index (χ1v) is 16.1. The second kappa shape index (κ2) is 10.3. The Morgan fingerprint density at radius 1 is 0.467 bits per heavy atom. The van der Waals surface area contributed by atoms with E-state index in [-0.39, 0.29) is 5.41 Å². The molecule has 0 amide bonds. The largest absolute Gasteiger partial charge is 0.356 e. The summed E-state index contributed by atoms with van der Waals surface area (Å²) in [5.41, 5.74) is 12.0. The van der Waals surface area contributed by atoms with Crippen LogP contribution < -0.4 is 5.32 Å². The van der Waals surface area contributed by atoms with Crippen LogP contribution in [0.25, 0.3) is 42.4 Å². The van der Waals surface area contributed by atoms with Gasteiger partial charge in [-0.3, -0.25) is 4.98 Å². The number of nitrogens with zero attached hydrogens (tertiary/aromatic N) is 1. The predicted molar refractivity (Wildman–Crippen MR) is 190 cm³/mol. The molecule has 8 aromatic rings. The van der Waals surface area contributed by atoms with Crippen LogP contribution in [0.3, 0.4) is 0 Å². The van der Waals surface area contributed by atoms with E-state index in [1.54, 1.807) is 0 Å². The Balaban J connectivity index is 1.10. The predicted octanol–water partition coefficient (Wildman–Crippen LogP) is 11.2. The van der Waals surface area contributed by atoms with E-state index in [1.165, 1.54) is 64.7 Å².